The molecule has 0 bridgehead atoms. The van der Waals surface area contributed by atoms with Gasteiger partial charge in [0.1, 0.15) is 12.6 Å². The highest BCUT2D eigenvalue weighted by atomic mass is 16.5. The Balaban J connectivity index is 1.42. The van der Waals surface area contributed by atoms with Gasteiger partial charge >= 0.3 is 18.0 Å². The van der Waals surface area contributed by atoms with Gasteiger partial charge in [0, 0.05) is 13.0 Å². The molecule has 0 aliphatic rings. The summed E-state index contributed by atoms with van der Waals surface area (Å²) in [6.07, 6.45) is -1.57. The first-order valence-electron chi connectivity index (χ1n) is 13.2. The van der Waals surface area contributed by atoms with Gasteiger partial charge in [0.15, 0.2) is 6.10 Å². The van der Waals surface area contributed by atoms with Crippen LogP contribution in [-0.4, -0.2) is 51.8 Å². The lowest BCUT2D eigenvalue weighted by atomic mass is 10.0. The fraction of sp³-hybridized carbons (Fsp3) is 0.182. The molecule has 2 atom stereocenters. The number of rotatable bonds is 12. The Kier molecular flexibility index (Phi) is 10.2. The smallest absolute Gasteiger partial charge is 0.337 e. The first kappa shape index (κ1) is 29.0. The summed E-state index contributed by atoms with van der Waals surface area (Å²) in [7, 11) is 0. The average Bonchev–Trinajstić information content (AvgIpc) is 3.01. The summed E-state index contributed by atoms with van der Waals surface area (Å²) in [5, 5.41) is 23.0. The minimum absolute atomic E-state index is 0.0221. The van der Waals surface area contributed by atoms with Gasteiger partial charge in [-0.2, -0.15) is 0 Å². The SMILES string of the molecule is O=C(O)[C@H](Cc1ccc(-c2ccccc2)cc1)NC(=O)N(Cc1ccccc1)C[C@H](O)C(=O)OCc1ccccc1. The Morgan fingerprint density at radius 2 is 1.24 bits per heavy atom. The van der Waals surface area contributed by atoms with E-state index in [0.717, 1.165) is 27.8 Å². The Hall–Kier alpha value is -4.95. The number of amides is 2. The fourth-order valence-electron chi connectivity index (χ4n) is 4.27. The van der Waals surface area contributed by atoms with Crippen LogP contribution in [0.1, 0.15) is 16.7 Å². The second-order valence-electron chi connectivity index (χ2n) is 9.58. The van der Waals surface area contributed by atoms with Crippen molar-refractivity contribution in [2.75, 3.05) is 6.54 Å². The van der Waals surface area contributed by atoms with Crippen molar-refractivity contribution in [3.05, 3.63) is 132 Å². The Bertz CT molecular complexity index is 1410. The molecule has 210 valence electrons. The molecule has 0 unspecified atom stereocenters. The van der Waals surface area contributed by atoms with E-state index >= 15 is 0 Å². The quantitative estimate of drug-likeness (QED) is 0.220. The lowest BCUT2D eigenvalue weighted by Gasteiger charge is -2.27. The van der Waals surface area contributed by atoms with Crippen LogP contribution in [0.4, 0.5) is 4.79 Å². The molecule has 4 rings (SSSR count). The van der Waals surface area contributed by atoms with Crippen molar-refractivity contribution >= 4 is 18.0 Å². The molecular weight excluding hydrogens is 520 g/mol. The predicted molar refractivity (Wildman–Crippen MR) is 155 cm³/mol. The van der Waals surface area contributed by atoms with Crippen LogP contribution < -0.4 is 5.32 Å². The van der Waals surface area contributed by atoms with Gasteiger partial charge in [0.2, 0.25) is 0 Å². The monoisotopic (exact) mass is 552 g/mol. The van der Waals surface area contributed by atoms with Crippen molar-refractivity contribution < 1.29 is 29.3 Å². The van der Waals surface area contributed by atoms with Gasteiger partial charge in [-0.15, -0.1) is 0 Å². The molecule has 0 fully saturated rings. The number of ether oxygens (including phenoxy) is 1. The summed E-state index contributed by atoms with van der Waals surface area (Å²) >= 11 is 0. The van der Waals surface area contributed by atoms with E-state index in [-0.39, 0.29) is 26.1 Å². The molecule has 41 heavy (non-hydrogen) atoms. The highest BCUT2D eigenvalue weighted by Gasteiger charge is 2.28. The number of benzene rings is 4. The average molecular weight is 553 g/mol. The van der Waals surface area contributed by atoms with Gasteiger partial charge in [-0.1, -0.05) is 115 Å². The van der Waals surface area contributed by atoms with Crippen molar-refractivity contribution in [2.24, 2.45) is 0 Å². The first-order chi connectivity index (χ1) is 19.9. The Morgan fingerprint density at radius 3 is 1.83 bits per heavy atom. The number of nitrogens with zero attached hydrogens (tertiary/aromatic N) is 1. The number of carboxylic acids is 1. The molecule has 0 spiro atoms. The lowest BCUT2D eigenvalue weighted by molar-refractivity contribution is -0.155. The summed E-state index contributed by atoms with van der Waals surface area (Å²) < 4.78 is 5.22. The second kappa shape index (κ2) is 14.4. The molecule has 8 nitrogen and oxygen atoms in total. The van der Waals surface area contributed by atoms with E-state index in [1.807, 2.05) is 78.9 Å². The van der Waals surface area contributed by atoms with Crippen LogP contribution >= 0.6 is 0 Å². The molecule has 0 heterocycles. The molecule has 0 aliphatic carbocycles. The molecule has 0 radical (unpaired) electrons. The predicted octanol–water partition coefficient (Wildman–Crippen LogP) is 4.67. The molecule has 0 aromatic heterocycles. The first-order valence-corrected chi connectivity index (χ1v) is 13.2. The molecule has 4 aromatic carbocycles. The maximum absolute atomic E-state index is 13.3. The van der Waals surface area contributed by atoms with Gasteiger partial charge in [-0.3, -0.25) is 0 Å². The number of urea groups is 1. The third-order valence-corrected chi connectivity index (χ3v) is 6.49. The third kappa shape index (κ3) is 8.78. The number of hydrogen-bond donors (Lipinski definition) is 3. The van der Waals surface area contributed by atoms with E-state index in [1.165, 1.54) is 4.90 Å². The van der Waals surface area contributed by atoms with Crippen LogP contribution in [0.5, 0.6) is 0 Å². The number of aliphatic hydroxyl groups is 1. The zero-order chi connectivity index (χ0) is 29.0. The van der Waals surface area contributed by atoms with Gasteiger partial charge < -0.3 is 25.2 Å². The number of esters is 1. The van der Waals surface area contributed by atoms with Gasteiger partial charge in [-0.25, -0.2) is 14.4 Å². The fourth-order valence-corrected chi connectivity index (χ4v) is 4.27. The van der Waals surface area contributed by atoms with Crippen LogP contribution in [0, 0.1) is 0 Å². The molecule has 4 aromatic rings. The normalized spacial score (nSPS) is 12.1. The molecule has 0 saturated carbocycles. The number of carboxylic acid groups (broad SMARTS) is 1. The van der Waals surface area contributed by atoms with E-state index in [9.17, 15) is 24.6 Å². The van der Waals surface area contributed by atoms with E-state index in [2.05, 4.69) is 5.32 Å². The van der Waals surface area contributed by atoms with E-state index in [0.29, 0.717) is 0 Å². The van der Waals surface area contributed by atoms with Crippen LogP contribution in [0.2, 0.25) is 0 Å². The van der Waals surface area contributed by atoms with E-state index in [1.54, 1.807) is 36.4 Å². The largest absolute Gasteiger partial charge is 0.480 e. The highest BCUT2D eigenvalue weighted by Crippen LogP contribution is 2.20. The minimum Gasteiger partial charge on any atom is -0.480 e. The third-order valence-electron chi connectivity index (χ3n) is 6.49. The molecular formula is C33H32N2O6. The van der Waals surface area contributed by atoms with Crippen molar-refractivity contribution in [2.45, 2.75) is 31.7 Å². The molecule has 0 aliphatic heterocycles. The van der Waals surface area contributed by atoms with Crippen molar-refractivity contribution in [1.29, 1.82) is 0 Å². The van der Waals surface area contributed by atoms with Gasteiger partial charge in [-0.05, 0) is 27.8 Å². The van der Waals surface area contributed by atoms with Crippen LogP contribution in [0.15, 0.2) is 115 Å². The van der Waals surface area contributed by atoms with E-state index < -0.39 is 30.1 Å². The maximum Gasteiger partial charge on any atom is 0.337 e. The molecule has 0 saturated heterocycles. The van der Waals surface area contributed by atoms with Gasteiger partial charge in [0.25, 0.3) is 0 Å². The number of carbonyl (C=O) groups excluding carboxylic acids is 2. The zero-order valence-electron chi connectivity index (χ0n) is 22.4. The summed E-state index contributed by atoms with van der Waals surface area (Å²) in [5.41, 5.74) is 4.27. The van der Waals surface area contributed by atoms with Crippen molar-refractivity contribution in [1.82, 2.24) is 10.2 Å². The number of aliphatic carboxylic acids is 1. The Labute approximate surface area is 238 Å². The minimum atomic E-state index is -1.62. The van der Waals surface area contributed by atoms with Gasteiger partial charge in [0.05, 0.1) is 6.54 Å². The van der Waals surface area contributed by atoms with Crippen LogP contribution in [0.3, 0.4) is 0 Å². The van der Waals surface area contributed by atoms with Crippen LogP contribution in [-0.2, 0) is 33.9 Å². The zero-order valence-corrected chi connectivity index (χ0v) is 22.4. The number of hydrogen-bond acceptors (Lipinski definition) is 5. The number of aliphatic hydroxyl groups excluding tert-OH is 1. The maximum atomic E-state index is 13.3. The molecule has 8 heteroatoms. The summed E-state index contributed by atoms with van der Waals surface area (Å²) in [4.78, 5) is 39.1. The summed E-state index contributed by atoms with van der Waals surface area (Å²) in [6, 6.07) is 33.4. The summed E-state index contributed by atoms with van der Waals surface area (Å²) in [6.45, 7) is -0.355. The highest BCUT2D eigenvalue weighted by molar-refractivity contribution is 5.83. The number of carbonyl (C=O) groups is 3. The van der Waals surface area contributed by atoms with Crippen LogP contribution in [0.25, 0.3) is 11.1 Å². The number of nitrogens with one attached hydrogen (secondary N) is 1. The second-order valence-corrected chi connectivity index (χ2v) is 9.58. The summed E-state index contributed by atoms with van der Waals surface area (Å²) in [5.74, 6) is -2.08. The van der Waals surface area contributed by atoms with E-state index in [4.69, 9.17) is 4.74 Å². The van der Waals surface area contributed by atoms with Crippen molar-refractivity contribution in [3.8, 4) is 11.1 Å². The lowest BCUT2D eigenvalue weighted by Crippen LogP contribution is -2.51. The Morgan fingerprint density at radius 1 is 0.707 bits per heavy atom. The van der Waals surface area contributed by atoms with Crippen molar-refractivity contribution in [3.63, 3.8) is 0 Å². The molecule has 3 N–H and O–H groups in total. The standard InChI is InChI=1S/C33H32N2O6/c36-30(32(39)41-23-26-12-6-2-7-13-26)22-35(21-25-10-4-1-5-11-25)33(40)34-29(31(37)38)20-24-16-18-28(19-17-24)27-14-8-3-9-15-27/h1-19,29-30,36H,20-23H2,(H,34,40)(H,37,38)/t29-,30-/m0/s1. The molecule has 2 amide bonds. The topological polar surface area (TPSA) is 116 Å².